The predicted octanol–water partition coefficient (Wildman–Crippen LogP) is 3.83. The third-order valence-corrected chi connectivity index (χ3v) is 3.34. The lowest BCUT2D eigenvalue weighted by Gasteiger charge is -2.17. The Hall–Kier alpha value is -1.87. The smallest absolute Gasteiger partial charge is 0.165 e. The highest BCUT2D eigenvalue weighted by Crippen LogP contribution is 2.22. The minimum absolute atomic E-state index is 0.255. The van der Waals surface area contributed by atoms with Crippen molar-refractivity contribution >= 4 is 0 Å². The molecule has 0 aliphatic rings. The summed E-state index contributed by atoms with van der Waals surface area (Å²) in [4.78, 5) is 0. The van der Waals surface area contributed by atoms with Crippen molar-refractivity contribution in [3.8, 4) is 5.75 Å². The SMILES string of the molecule is Cc1ccc(F)c(OCC(N)c2cc(C)ccc2C)c1. The topological polar surface area (TPSA) is 35.2 Å². The molecular weight excluding hydrogens is 253 g/mol. The summed E-state index contributed by atoms with van der Waals surface area (Å²) in [5.41, 5.74) is 10.4. The van der Waals surface area contributed by atoms with Crippen molar-refractivity contribution < 1.29 is 9.13 Å². The Bertz CT molecular complexity index is 610. The highest BCUT2D eigenvalue weighted by Gasteiger charge is 2.12. The monoisotopic (exact) mass is 273 g/mol. The van der Waals surface area contributed by atoms with Crippen LogP contribution in [-0.2, 0) is 0 Å². The standard InChI is InChI=1S/C17H20FNO/c1-11-4-6-13(3)14(8-11)16(19)10-20-17-9-12(2)5-7-15(17)18/h4-9,16H,10,19H2,1-3H3. The van der Waals surface area contributed by atoms with Gasteiger partial charge < -0.3 is 10.5 Å². The number of halogens is 1. The Balaban J connectivity index is 2.10. The predicted molar refractivity (Wildman–Crippen MR) is 79.5 cm³/mol. The summed E-state index contributed by atoms with van der Waals surface area (Å²) in [6.07, 6.45) is 0. The van der Waals surface area contributed by atoms with Gasteiger partial charge in [-0.2, -0.15) is 0 Å². The Kier molecular flexibility index (Phi) is 4.40. The van der Waals surface area contributed by atoms with E-state index in [1.54, 1.807) is 12.1 Å². The van der Waals surface area contributed by atoms with Gasteiger partial charge in [-0.15, -0.1) is 0 Å². The van der Waals surface area contributed by atoms with Crippen molar-refractivity contribution in [3.63, 3.8) is 0 Å². The molecule has 2 aromatic rings. The largest absolute Gasteiger partial charge is 0.489 e. The average Bonchev–Trinajstić information content (AvgIpc) is 2.42. The molecule has 0 saturated carbocycles. The van der Waals surface area contributed by atoms with Crippen LogP contribution in [0.3, 0.4) is 0 Å². The normalized spacial score (nSPS) is 12.2. The first-order valence-corrected chi connectivity index (χ1v) is 6.69. The molecule has 2 nitrogen and oxygen atoms in total. The number of benzene rings is 2. The van der Waals surface area contributed by atoms with Gasteiger partial charge in [0.05, 0.1) is 6.04 Å². The molecule has 0 spiro atoms. The van der Waals surface area contributed by atoms with Crippen LogP contribution < -0.4 is 10.5 Å². The van der Waals surface area contributed by atoms with Crippen LogP contribution in [0, 0.1) is 26.6 Å². The number of hydrogen-bond donors (Lipinski definition) is 1. The zero-order valence-corrected chi connectivity index (χ0v) is 12.1. The molecule has 2 N–H and O–H groups in total. The Labute approximate surface area is 119 Å². The second-order valence-corrected chi connectivity index (χ2v) is 5.21. The van der Waals surface area contributed by atoms with E-state index in [2.05, 4.69) is 6.07 Å². The molecule has 0 saturated heterocycles. The average molecular weight is 273 g/mol. The summed E-state index contributed by atoms with van der Waals surface area (Å²) < 4.78 is 19.1. The first-order valence-electron chi connectivity index (χ1n) is 6.69. The van der Waals surface area contributed by atoms with Crippen LogP contribution >= 0.6 is 0 Å². The van der Waals surface area contributed by atoms with E-state index in [9.17, 15) is 4.39 Å². The Morgan fingerprint density at radius 1 is 1.05 bits per heavy atom. The van der Waals surface area contributed by atoms with Gasteiger partial charge in [0, 0.05) is 0 Å². The maximum Gasteiger partial charge on any atom is 0.165 e. The van der Waals surface area contributed by atoms with E-state index in [4.69, 9.17) is 10.5 Å². The van der Waals surface area contributed by atoms with Gasteiger partial charge in [-0.3, -0.25) is 0 Å². The lowest BCUT2D eigenvalue weighted by atomic mass is 10.00. The minimum Gasteiger partial charge on any atom is -0.489 e. The van der Waals surface area contributed by atoms with Crippen molar-refractivity contribution in [2.24, 2.45) is 5.73 Å². The van der Waals surface area contributed by atoms with E-state index in [0.717, 1.165) is 22.3 Å². The Morgan fingerprint density at radius 2 is 1.70 bits per heavy atom. The molecular formula is C17H20FNO. The summed E-state index contributed by atoms with van der Waals surface area (Å²) >= 11 is 0. The fraction of sp³-hybridized carbons (Fsp3) is 0.294. The number of rotatable bonds is 4. The highest BCUT2D eigenvalue weighted by atomic mass is 19.1. The fourth-order valence-electron chi connectivity index (χ4n) is 2.15. The maximum atomic E-state index is 13.6. The van der Waals surface area contributed by atoms with E-state index < -0.39 is 0 Å². The molecule has 2 aromatic carbocycles. The molecule has 0 amide bonds. The second kappa shape index (κ2) is 6.06. The molecule has 0 heterocycles. The first kappa shape index (κ1) is 14.5. The quantitative estimate of drug-likeness (QED) is 0.918. The summed E-state index contributed by atoms with van der Waals surface area (Å²) in [7, 11) is 0. The molecule has 106 valence electrons. The first-order chi connectivity index (χ1) is 9.47. The molecule has 1 unspecified atom stereocenters. The summed E-state index contributed by atoms with van der Waals surface area (Å²) in [5, 5.41) is 0. The molecule has 1 atom stereocenters. The van der Waals surface area contributed by atoms with Gasteiger partial charge >= 0.3 is 0 Å². The van der Waals surface area contributed by atoms with Crippen LogP contribution in [0.25, 0.3) is 0 Å². The fourth-order valence-corrected chi connectivity index (χ4v) is 2.15. The number of ether oxygens (including phenoxy) is 1. The minimum atomic E-state index is -0.358. The number of aryl methyl sites for hydroxylation is 3. The molecule has 20 heavy (non-hydrogen) atoms. The Morgan fingerprint density at radius 3 is 2.45 bits per heavy atom. The van der Waals surface area contributed by atoms with Crippen molar-refractivity contribution in [2.75, 3.05) is 6.61 Å². The van der Waals surface area contributed by atoms with E-state index in [-0.39, 0.29) is 24.2 Å². The van der Waals surface area contributed by atoms with Crippen LogP contribution in [0.4, 0.5) is 4.39 Å². The van der Waals surface area contributed by atoms with Crippen LogP contribution in [0.15, 0.2) is 36.4 Å². The van der Waals surface area contributed by atoms with E-state index >= 15 is 0 Å². The van der Waals surface area contributed by atoms with Crippen molar-refractivity contribution in [3.05, 3.63) is 64.5 Å². The van der Waals surface area contributed by atoms with Gasteiger partial charge in [0.25, 0.3) is 0 Å². The third-order valence-electron chi connectivity index (χ3n) is 3.34. The number of nitrogens with two attached hydrogens (primary N) is 1. The summed E-state index contributed by atoms with van der Waals surface area (Å²) in [5.74, 6) is -0.102. The molecule has 0 aromatic heterocycles. The molecule has 0 radical (unpaired) electrons. The van der Waals surface area contributed by atoms with Crippen LogP contribution in [0.5, 0.6) is 5.75 Å². The molecule has 3 heteroatoms. The highest BCUT2D eigenvalue weighted by molar-refractivity contribution is 5.33. The van der Waals surface area contributed by atoms with Crippen LogP contribution in [-0.4, -0.2) is 6.61 Å². The van der Waals surface area contributed by atoms with E-state index in [1.807, 2.05) is 32.9 Å². The summed E-state index contributed by atoms with van der Waals surface area (Å²) in [6.45, 7) is 6.19. The van der Waals surface area contributed by atoms with E-state index in [1.165, 1.54) is 6.07 Å². The van der Waals surface area contributed by atoms with Gasteiger partial charge in [-0.05, 0) is 49.6 Å². The van der Waals surface area contributed by atoms with Gasteiger partial charge in [-0.1, -0.05) is 29.8 Å². The van der Waals surface area contributed by atoms with E-state index in [0.29, 0.717) is 0 Å². The van der Waals surface area contributed by atoms with Gasteiger partial charge in [-0.25, -0.2) is 4.39 Å². The zero-order valence-electron chi connectivity index (χ0n) is 12.1. The molecule has 0 aliphatic carbocycles. The lowest BCUT2D eigenvalue weighted by Crippen LogP contribution is -2.20. The number of hydrogen-bond acceptors (Lipinski definition) is 2. The summed E-state index contributed by atoms with van der Waals surface area (Å²) in [6, 6.07) is 10.7. The van der Waals surface area contributed by atoms with Crippen LogP contribution in [0.1, 0.15) is 28.3 Å². The van der Waals surface area contributed by atoms with Crippen molar-refractivity contribution in [2.45, 2.75) is 26.8 Å². The molecule has 0 bridgehead atoms. The van der Waals surface area contributed by atoms with Crippen molar-refractivity contribution in [1.82, 2.24) is 0 Å². The zero-order chi connectivity index (χ0) is 14.7. The molecule has 0 aliphatic heterocycles. The third kappa shape index (κ3) is 3.36. The second-order valence-electron chi connectivity index (χ2n) is 5.21. The van der Waals surface area contributed by atoms with Gasteiger partial charge in [0.2, 0.25) is 0 Å². The van der Waals surface area contributed by atoms with Crippen LogP contribution in [0.2, 0.25) is 0 Å². The lowest BCUT2D eigenvalue weighted by molar-refractivity contribution is 0.277. The van der Waals surface area contributed by atoms with Crippen molar-refractivity contribution in [1.29, 1.82) is 0 Å². The molecule has 0 fully saturated rings. The molecule has 2 rings (SSSR count). The maximum absolute atomic E-state index is 13.6. The van der Waals surface area contributed by atoms with Gasteiger partial charge in [0.15, 0.2) is 11.6 Å². The van der Waals surface area contributed by atoms with Gasteiger partial charge in [0.1, 0.15) is 6.61 Å².